The van der Waals surface area contributed by atoms with Crippen LogP contribution in [0.2, 0.25) is 0 Å². The number of nitrogens with zero attached hydrogens (tertiary/aromatic N) is 6. The fourth-order valence-electron chi connectivity index (χ4n) is 4.12. The molecule has 10 nitrogen and oxygen atoms in total. The van der Waals surface area contributed by atoms with Crippen LogP contribution in [0.25, 0.3) is 5.65 Å². The predicted molar refractivity (Wildman–Crippen MR) is 125 cm³/mol. The fourth-order valence-corrected chi connectivity index (χ4v) is 5.93. The van der Waals surface area contributed by atoms with Gasteiger partial charge in [0.2, 0.25) is 22.1 Å². The molecule has 33 heavy (non-hydrogen) atoms. The van der Waals surface area contributed by atoms with Gasteiger partial charge in [0, 0.05) is 31.7 Å². The molecule has 1 saturated carbocycles. The topological polar surface area (TPSA) is 127 Å². The van der Waals surface area contributed by atoms with E-state index in [1.807, 2.05) is 35.0 Å². The van der Waals surface area contributed by atoms with Crippen molar-refractivity contribution in [3.8, 4) is 0 Å². The van der Waals surface area contributed by atoms with Crippen LogP contribution in [0.5, 0.6) is 0 Å². The van der Waals surface area contributed by atoms with Gasteiger partial charge >= 0.3 is 0 Å². The summed E-state index contributed by atoms with van der Waals surface area (Å²) in [6, 6.07) is 5.74. The summed E-state index contributed by atoms with van der Waals surface area (Å²) in [6.07, 6.45) is 7.89. The quantitative estimate of drug-likeness (QED) is 0.414. The summed E-state index contributed by atoms with van der Waals surface area (Å²) < 4.78 is 1.89. The molecule has 0 bridgehead atoms. The van der Waals surface area contributed by atoms with E-state index in [4.69, 9.17) is 0 Å². The van der Waals surface area contributed by atoms with Crippen molar-refractivity contribution in [2.24, 2.45) is 5.92 Å². The SMILES string of the molecule is CC(=O)Nc1nnc(C2CCC(Cc3nnc(NC(=O)Cc4cn5ccccc5n4)s3)C2)s1. The molecular weight excluding hydrogens is 460 g/mol. The molecule has 4 heterocycles. The first-order valence-corrected chi connectivity index (χ1v) is 12.3. The minimum absolute atomic E-state index is 0.139. The second kappa shape index (κ2) is 9.32. The van der Waals surface area contributed by atoms with Crippen molar-refractivity contribution in [2.75, 3.05) is 10.6 Å². The molecule has 4 aromatic rings. The Balaban J connectivity index is 1.13. The Labute approximate surface area is 197 Å². The Morgan fingerprint density at radius 3 is 2.79 bits per heavy atom. The van der Waals surface area contributed by atoms with Gasteiger partial charge in [-0.3, -0.25) is 9.59 Å². The number of nitrogens with one attached hydrogen (secondary N) is 2. The van der Waals surface area contributed by atoms with Crippen LogP contribution in [0.15, 0.2) is 30.6 Å². The van der Waals surface area contributed by atoms with Crippen molar-refractivity contribution in [3.05, 3.63) is 46.3 Å². The predicted octanol–water partition coefficient (Wildman–Crippen LogP) is 3.30. The maximum absolute atomic E-state index is 12.4. The summed E-state index contributed by atoms with van der Waals surface area (Å²) in [6.45, 7) is 1.46. The second-order valence-corrected chi connectivity index (χ2v) is 10.2. The first-order chi connectivity index (χ1) is 16.0. The van der Waals surface area contributed by atoms with Crippen LogP contribution in [0.3, 0.4) is 0 Å². The van der Waals surface area contributed by atoms with Gasteiger partial charge in [-0.15, -0.1) is 20.4 Å². The average molecular weight is 483 g/mol. The number of hydrogen-bond donors (Lipinski definition) is 2. The van der Waals surface area contributed by atoms with Gasteiger partial charge in [-0.05, 0) is 37.3 Å². The molecule has 2 amide bonds. The third-order valence-corrected chi connectivity index (χ3v) is 7.41. The maximum atomic E-state index is 12.4. The summed E-state index contributed by atoms with van der Waals surface area (Å²) in [7, 11) is 0. The molecule has 2 N–H and O–H groups in total. The maximum Gasteiger partial charge on any atom is 0.232 e. The minimum Gasteiger partial charge on any atom is -0.307 e. The molecule has 2 unspecified atom stereocenters. The van der Waals surface area contributed by atoms with E-state index in [0.29, 0.717) is 27.8 Å². The number of carbonyl (C=O) groups excluding carboxylic acids is 2. The normalized spacial score (nSPS) is 18.0. The van der Waals surface area contributed by atoms with Gasteiger partial charge in [0.15, 0.2) is 0 Å². The van der Waals surface area contributed by atoms with E-state index in [2.05, 4.69) is 36.0 Å². The highest BCUT2D eigenvalue weighted by atomic mass is 32.1. The van der Waals surface area contributed by atoms with Gasteiger partial charge in [-0.1, -0.05) is 28.7 Å². The minimum atomic E-state index is -0.159. The Bertz CT molecular complexity index is 1260. The van der Waals surface area contributed by atoms with Crippen LogP contribution in [0, 0.1) is 5.92 Å². The highest BCUT2D eigenvalue weighted by Gasteiger charge is 2.29. The smallest absolute Gasteiger partial charge is 0.232 e. The second-order valence-electron chi connectivity index (χ2n) is 8.13. The van der Waals surface area contributed by atoms with E-state index in [1.54, 1.807) is 0 Å². The van der Waals surface area contributed by atoms with Crippen LogP contribution in [-0.4, -0.2) is 41.6 Å². The number of hydrogen-bond acceptors (Lipinski definition) is 9. The van der Waals surface area contributed by atoms with Crippen LogP contribution in [0.4, 0.5) is 10.3 Å². The van der Waals surface area contributed by atoms with E-state index >= 15 is 0 Å². The number of pyridine rings is 1. The lowest BCUT2D eigenvalue weighted by atomic mass is 10.0. The molecule has 5 rings (SSSR count). The molecule has 170 valence electrons. The van der Waals surface area contributed by atoms with Crippen molar-refractivity contribution in [3.63, 3.8) is 0 Å². The third-order valence-electron chi connectivity index (χ3n) is 5.55. The molecule has 0 aliphatic heterocycles. The summed E-state index contributed by atoms with van der Waals surface area (Å²) >= 11 is 2.86. The molecule has 0 saturated heterocycles. The number of carbonyl (C=O) groups is 2. The number of amides is 2. The van der Waals surface area contributed by atoms with E-state index in [0.717, 1.165) is 41.3 Å². The van der Waals surface area contributed by atoms with E-state index in [-0.39, 0.29) is 18.2 Å². The molecule has 12 heteroatoms. The van der Waals surface area contributed by atoms with Crippen LogP contribution in [0.1, 0.15) is 47.8 Å². The lowest BCUT2D eigenvalue weighted by Gasteiger charge is -2.06. The van der Waals surface area contributed by atoms with E-state index in [1.165, 1.54) is 29.6 Å². The van der Waals surface area contributed by atoms with Crippen molar-refractivity contribution >= 4 is 50.4 Å². The third kappa shape index (κ3) is 5.22. The molecule has 1 aliphatic carbocycles. The van der Waals surface area contributed by atoms with Crippen LogP contribution >= 0.6 is 22.7 Å². The van der Waals surface area contributed by atoms with Crippen molar-refractivity contribution in [2.45, 2.75) is 44.9 Å². The number of aromatic nitrogens is 6. The highest BCUT2D eigenvalue weighted by Crippen LogP contribution is 2.41. The summed E-state index contributed by atoms with van der Waals surface area (Å²) in [5, 5.41) is 25.2. The summed E-state index contributed by atoms with van der Waals surface area (Å²) in [4.78, 5) is 28.1. The molecule has 0 radical (unpaired) electrons. The fraction of sp³-hybridized carbons (Fsp3) is 0.381. The first-order valence-electron chi connectivity index (χ1n) is 10.7. The monoisotopic (exact) mass is 482 g/mol. The molecule has 2 atom stereocenters. The Morgan fingerprint density at radius 2 is 1.94 bits per heavy atom. The van der Waals surface area contributed by atoms with E-state index < -0.39 is 0 Å². The van der Waals surface area contributed by atoms with Gasteiger partial charge < -0.3 is 15.0 Å². The molecule has 0 aromatic carbocycles. The van der Waals surface area contributed by atoms with Crippen LogP contribution in [-0.2, 0) is 22.4 Å². The number of rotatable bonds is 7. The van der Waals surface area contributed by atoms with Gasteiger partial charge in [0.05, 0.1) is 12.1 Å². The van der Waals surface area contributed by atoms with Crippen molar-refractivity contribution in [1.29, 1.82) is 0 Å². The molecule has 4 aromatic heterocycles. The summed E-state index contributed by atoms with van der Waals surface area (Å²) in [5.41, 5.74) is 1.52. The lowest BCUT2D eigenvalue weighted by Crippen LogP contribution is -2.14. The molecule has 0 spiro atoms. The standard InChI is InChI=1S/C21H22N8O2S2/c1-12(30)22-20-28-26-19(33-20)14-6-5-13(8-14)9-18-25-27-21(32-18)24-17(31)10-15-11-29-7-3-2-4-16(29)23-15/h2-4,7,11,13-14H,5-6,8-10H2,1H3,(H,22,28,30)(H,24,27,31). The van der Waals surface area contributed by atoms with Crippen molar-refractivity contribution in [1.82, 2.24) is 29.8 Å². The molecule has 1 aliphatic rings. The van der Waals surface area contributed by atoms with Crippen LogP contribution < -0.4 is 10.6 Å². The molecular formula is C21H22N8O2S2. The lowest BCUT2D eigenvalue weighted by molar-refractivity contribution is -0.116. The zero-order valence-electron chi connectivity index (χ0n) is 17.9. The highest BCUT2D eigenvalue weighted by molar-refractivity contribution is 7.15. The Morgan fingerprint density at radius 1 is 1.09 bits per heavy atom. The average Bonchev–Trinajstić information content (AvgIpc) is 3.55. The largest absolute Gasteiger partial charge is 0.307 e. The molecule has 1 fully saturated rings. The van der Waals surface area contributed by atoms with E-state index in [9.17, 15) is 9.59 Å². The van der Waals surface area contributed by atoms with Crippen molar-refractivity contribution < 1.29 is 9.59 Å². The summed E-state index contributed by atoms with van der Waals surface area (Å²) in [5.74, 6) is 0.540. The van der Waals surface area contributed by atoms with Gasteiger partial charge in [0.25, 0.3) is 0 Å². The zero-order valence-corrected chi connectivity index (χ0v) is 19.5. The van der Waals surface area contributed by atoms with Gasteiger partial charge in [0.1, 0.15) is 15.7 Å². The first kappa shape index (κ1) is 21.6. The Kier molecular flexibility index (Phi) is 6.09. The van der Waals surface area contributed by atoms with Gasteiger partial charge in [-0.25, -0.2) is 4.98 Å². The number of anilines is 2. The zero-order chi connectivity index (χ0) is 22.8. The number of imidazole rings is 1. The Hall–Kier alpha value is -3.25. The van der Waals surface area contributed by atoms with Gasteiger partial charge in [-0.2, -0.15) is 0 Å². The number of fused-ring (bicyclic) bond motifs is 1.